The van der Waals surface area contributed by atoms with Crippen molar-refractivity contribution in [3.8, 4) is 0 Å². The van der Waals surface area contributed by atoms with Crippen molar-refractivity contribution < 1.29 is 4.84 Å². The summed E-state index contributed by atoms with van der Waals surface area (Å²) in [4.78, 5) is 17.0. The number of benzene rings is 1. The zero-order valence-electron chi connectivity index (χ0n) is 13.9. The third kappa shape index (κ3) is 3.04. The van der Waals surface area contributed by atoms with Crippen molar-refractivity contribution >= 4 is 5.71 Å². The van der Waals surface area contributed by atoms with E-state index in [1.54, 1.807) is 0 Å². The molecule has 24 heavy (non-hydrogen) atoms. The number of fused-ring (bicyclic) bond motifs is 1. The summed E-state index contributed by atoms with van der Waals surface area (Å²) in [5, 5.41) is 4.33. The van der Waals surface area contributed by atoms with E-state index in [-0.39, 0.29) is 6.10 Å². The summed E-state index contributed by atoms with van der Waals surface area (Å²) in [5.41, 5.74) is 3.41. The minimum Gasteiger partial charge on any atom is -0.390 e. The van der Waals surface area contributed by atoms with Gasteiger partial charge >= 0.3 is 0 Å². The molecule has 0 N–H and O–H groups in total. The van der Waals surface area contributed by atoms with Gasteiger partial charge in [0.05, 0.1) is 11.6 Å². The second-order valence-corrected chi connectivity index (χ2v) is 6.54. The molecule has 5 heteroatoms. The van der Waals surface area contributed by atoms with Crippen molar-refractivity contribution in [1.82, 2.24) is 14.9 Å². The van der Waals surface area contributed by atoms with E-state index >= 15 is 0 Å². The Bertz CT molecular complexity index is 714. The fourth-order valence-electron chi connectivity index (χ4n) is 3.49. The molecule has 0 unspecified atom stereocenters. The number of aromatic nitrogens is 2. The van der Waals surface area contributed by atoms with Gasteiger partial charge in [0.25, 0.3) is 0 Å². The first-order valence-electron chi connectivity index (χ1n) is 8.64. The van der Waals surface area contributed by atoms with Gasteiger partial charge in [-0.1, -0.05) is 42.4 Å². The zero-order chi connectivity index (χ0) is 16.4. The van der Waals surface area contributed by atoms with Crippen LogP contribution in [-0.2, 0) is 17.8 Å². The quantitative estimate of drug-likeness (QED) is 0.849. The molecule has 3 heterocycles. The van der Waals surface area contributed by atoms with E-state index in [2.05, 4.69) is 39.1 Å². The third-order valence-electron chi connectivity index (χ3n) is 4.69. The number of nitrogens with zero attached hydrogens (tertiary/aromatic N) is 4. The van der Waals surface area contributed by atoms with Gasteiger partial charge in [-0.25, -0.2) is 9.97 Å². The highest BCUT2D eigenvalue weighted by atomic mass is 16.6. The molecular formula is C19H22N4O. The Morgan fingerprint density at radius 2 is 1.92 bits per heavy atom. The average Bonchev–Trinajstić information content (AvgIpc) is 3.18. The van der Waals surface area contributed by atoms with Gasteiger partial charge in [-0.2, -0.15) is 0 Å². The van der Waals surface area contributed by atoms with Crippen LogP contribution < -0.4 is 0 Å². The molecule has 1 aromatic heterocycles. The largest absolute Gasteiger partial charge is 0.390 e. The number of hydrogen-bond donors (Lipinski definition) is 0. The molecule has 124 valence electrons. The summed E-state index contributed by atoms with van der Waals surface area (Å²) < 4.78 is 0. The Balaban J connectivity index is 1.41. The summed E-state index contributed by atoms with van der Waals surface area (Å²) >= 11 is 0. The van der Waals surface area contributed by atoms with Crippen LogP contribution >= 0.6 is 0 Å². The summed E-state index contributed by atoms with van der Waals surface area (Å²) in [5.74, 6) is 1.29. The molecule has 4 rings (SSSR count). The Kier molecular flexibility index (Phi) is 4.26. The molecule has 0 aliphatic carbocycles. The fraction of sp³-hybridized carbons (Fsp3) is 0.421. The molecular weight excluding hydrogens is 300 g/mol. The van der Waals surface area contributed by atoms with Crippen molar-refractivity contribution in [2.45, 2.75) is 32.4 Å². The number of aryl methyl sites for hydroxylation is 1. The van der Waals surface area contributed by atoms with E-state index in [4.69, 9.17) is 4.84 Å². The van der Waals surface area contributed by atoms with Crippen LogP contribution in [0.1, 0.15) is 30.3 Å². The molecule has 5 nitrogen and oxygen atoms in total. The van der Waals surface area contributed by atoms with E-state index in [9.17, 15) is 0 Å². The number of hydrogen-bond acceptors (Lipinski definition) is 5. The summed E-state index contributed by atoms with van der Waals surface area (Å²) in [6.07, 6.45) is 6.10. The maximum atomic E-state index is 5.68. The highest BCUT2D eigenvalue weighted by Gasteiger charge is 2.42. The Morgan fingerprint density at radius 3 is 2.67 bits per heavy atom. The molecule has 0 radical (unpaired) electrons. The Hall–Kier alpha value is -2.27. The van der Waals surface area contributed by atoms with Gasteiger partial charge < -0.3 is 4.84 Å². The smallest absolute Gasteiger partial charge is 0.149 e. The van der Waals surface area contributed by atoms with Crippen LogP contribution in [0.2, 0.25) is 0 Å². The molecule has 0 saturated carbocycles. The van der Waals surface area contributed by atoms with E-state index in [0.717, 1.165) is 49.6 Å². The topological polar surface area (TPSA) is 50.6 Å². The molecule has 2 aromatic rings. The third-order valence-corrected chi connectivity index (χ3v) is 4.69. The van der Waals surface area contributed by atoms with Crippen LogP contribution in [0.15, 0.2) is 47.9 Å². The highest BCUT2D eigenvalue weighted by Crippen LogP contribution is 2.30. The lowest BCUT2D eigenvalue weighted by Gasteiger charge is -2.16. The van der Waals surface area contributed by atoms with Gasteiger partial charge in [0.2, 0.25) is 0 Å². The predicted molar refractivity (Wildman–Crippen MR) is 92.6 cm³/mol. The summed E-state index contributed by atoms with van der Waals surface area (Å²) in [7, 11) is 0. The van der Waals surface area contributed by atoms with Gasteiger partial charge in [-0.05, 0) is 12.0 Å². The summed E-state index contributed by atoms with van der Waals surface area (Å²) in [6, 6.07) is 10.3. The van der Waals surface area contributed by atoms with Crippen LogP contribution in [0.3, 0.4) is 0 Å². The Morgan fingerprint density at radius 1 is 1.12 bits per heavy atom. The first kappa shape index (κ1) is 15.3. The lowest BCUT2D eigenvalue weighted by atomic mass is 9.95. The normalized spacial score (nSPS) is 23.0. The van der Waals surface area contributed by atoms with Crippen molar-refractivity contribution in [2.75, 3.05) is 13.1 Å². The maximum absolute atomic E-state index is 5.68. The Labute approximate surface area is 142 Å². The number of likely N-dealkylation sites (tertiary alicyclic amines) is 1. The second kappa shape index (κ2) is 6.69. The minimum atomic E-state index is 0.167. The van der Waals surface area contributed by atoms with Gasteiger partial charge in [0.15, 0.2) is 0 Å². The van der Waals surface area contributed by atoms with Gasteiger partial charge in [0, 0.05) is 44.0 Å². The van der Waals surface area contributed by atoms with Crippen molar-refractivity contribution in [1.29, 1.82) is 0 Å². The zero-order valence-corrected chi connectivity index (χ0v) is 13.9. The SMILES string of the molecule is CCCc1ncc(CN2C[C@H]3ON=C(c4ccccc4)[C@@H]3C2)cn1. The maximum Gasteiger partial charge on any atom is 0.149 e. The van der Waals surface area contributed by atoms with Crippen molar-refractivity contribution in [3.63, 3.8) is 0 Å². The molecule has 0 amide bonds. The van der Waals surface area contributed by atoms with Gasteiger partial charge in [-0.15, -0.1) is 0 Å². The first-order chi connectivity index (χ1) is 11.8. The second-order valence-electron chi connectivity index (χ2n) is 6.54. The average molecular weight is 322 g/mol. The predicted octanol–water partition coefficient (Wildman–Crippen LogP) is 2.66. The molecule has 1 fully saturated rings. The number of rotatable bonds is 5. The van der Waals surface area contributed by atoms with E-state index in [0.29, 0.717) is 5.92 Å². The van der Waals surface area contributed by atoms with Gasteiger partial charge in [0.1, 0.15) is 11.9 Å². The summed E-state index contributed by atoms with van der Waals surface area (Å²) in [6.45, 7) is 4.88. The van der Waals surface area contributed by atoms with Crippen LogP contribution in [0, 0.1) is 5.92 Å². The minimum absolute atomic E-state index is 0.167. The van der Waals surface area contributed by atoms with Crippen molar-refractivity contribution in [2.24, 2.45) is 11.1 Å². The van der Waals surface area contributed by atoms with Crippen LogP contribution in [0.25, 0.3) is 0 Å². The van der Waals surface area contributed by atoms with Crippen LogP contribution in [0.5, 0.6) is 0 Å². The lowest BCUT2D eigenvalue weighted by molar-refractivity contribution is 0.0745. The molecule has 1 saturated heterocycles. The fourth-order valence-corrected chi connectivity index (χ4v) is 3.49. The molecule has 1 aromatic carbocycles. The van der Waals surface area contributed by atoms with E-state index < -0.39 is 0 Å². The standard InChI is InChI=1S/C19H22N4O/c1-2-6-18-20-9-14(10-21-18)11-23-12-16-17(13-23)24-22-19(16)15-7-4-3-5-8-15/h3-5,7-10,16-17H,2,6,11-13H2,1H3/t16-,17-/m1/s1. The van der Waals surface area contributed by atoms with E-state index in [1.807, 2.05) is 30.6 Å². The van der Waals surface area contributed by atoms with E-state index in [1.165, 1.54) is 5.56 Å². The lowest BCUT2D eigenvalue weighted by Crippen LogP contribution is -2.23. The molecule has 2 aliphatic rings. The molecule has 0 spiro atoms. The van der Waals surface area contributed by atoms with Crippen molar-refractivity contribution in [3.05, 3.63) is 59.7 Å². The monoisotopic (exact) mass is 322 g/mol. The van der Waals surface area contributed by atoms with Crippen LogP contribution in [-0.4, -0.2) is 39.8 Å². The molecule has 2 atom stereocenters. The molecule has 2 aliphatic heterocycles. The van der Waals surface area contributed by atoms with Crippen LogP contribution in [0.4, 0.5) is 0 Å². The molecule has 0 bridgehead atoms. The highest BCUT2D eigenvalue weighted by molar-refractivity contribution is 6.03. The first-order valence-corrected chi connectivity index (χ1v) is 8.64. The van der Waals surface area contributed by atoms with Gasteiger partial charge in [-0.3, -0.25) is 4.90 Å². The number of oxime groups is 1.